The summed E-state index contributed by atoms with van der Waals surface area (Å²) in [7, 11) is 3.32. The smallest absolute Gasteiger partial charge is 0.161 e. The minimum atomic E-state index is 0.756. The van der Waals surface area contributed by atoms with Crippen LogP contribution in [0.15, 0.2) is 54.6 Å². The van der Waals surface area contributed by atoms with Gasteiger partial charge in [0.05, 0.1) is 14.2 Å². The number of methoxy groups -OCH3 is 2. The minimum Gasteiger partial charge on any atom is -0.493 e. The van der Waals surface area contributed by atoms with E-state index in [2.05, 4.69) is 49.4 Å². The molecule has 0 aliphatic rings. The first-order valence-electron chi connectivity index (χ1n) is 6.94. The van der Waals surface area contributed by atoms with Gasteiger partial charge in [-0.15, -0.1) is 0 Å². The van der Waals surface area contributed by atoms with E-state index in [4.69, 9.17) is 9.47 Å². The Balaban J connectivity index is 2.13. The number of rotatable bonds is 3. The second-order valence-corrected chi connectivity index (χ2v) is 5.14. The number of ether oxygens (including phenoxy) is 2. The molecule has 0 radical (unpaired) electrons. The van der Waals surface area contributed by atoms with E-state index in [1.807, 2.05) is 12.1 Å². The zero-order valence-electron chi connectivity index (χ0n) is 12.5. The Morgan fingerprint density at radius 2 is 1.19 bits per heavy atom. The fraction of sp³-hybridized carbons (Fsp3) is 0.158. The Kier molecular flexibility index (Phi) is 3.53. The van der Waals surface area contributed by atoms with Crippen LogP contribution in [0.1, 0.15) is 5.56 Å². The van der Waals surface area contributed by atoms with Gasteiger partial charge in [0.15, 0.2) is 11.5 Å². The van der Waals surface area contributed by atoms with Crippen molar-refractivity contribution in [2.24, 2.45) is 0 Å². The highest BCUT2D eigenvalue weighted by Crippen LogP contribution is 2.34. The van der Waals surface area contributed by atoms with Crippen molar-refractivity contribution in [1.29, 1.82) is 0 Å². The first-order valence-corrected chi connectivity index (χ1v) is 6.94. The molecule has 0 atom stereocenters. The molecule has 0 aliphatic carbocycles. The lowest BCUT2D eigenvalue weighted by atomic mass is 10.00. The highest BCUT2D eigenvalue weighted by molar-refractivity contribution is 5.90. The lowest BCUT2D eigenvalue weighted by molar-refractivity contribution is 0.356. The van der Waals surface area contributed by atoms with Crippen molar-refractivity contribution in [2.45, 2.75) is 6.92 Å². The minimum absolute atomic E-state index is 0.756. The molecule has 0 saturated heterocycles. The molecule has 0 aromatic heterocycles. The predicted octanol–water partition coefficient (Wildman–Crippen LogP) is 4.83. The van der Waals surface area contributed by atoms with E-state index in [0.29, 0.717) is 0 Å². The third kappa shape index (κ3) is 2.57. The first kappa shape index (κ1) is 13.5. The van der Waals surface area contributed by atoms with E-state index in [9.17, 15) is 0 Å². The molecule has 0 aliphatic heterocycles. The van der Waals surface area contributed by atoms with Gasteiger partial charge in [-0.3, -0.25) is 0 Å². The van der Waals surface area contributed by atoms with Crippen molar-refractivity contribution in [2.75, 3.05) is 14.2 Å². The molecule has 0 N–H and O–H groups in total. The summed E-state index contributed by atoms with van der Waals surface area (Å²) in [4.78, 5) is 0. The summed E-state index contributed by atoms with van der Waals surface area (Å²) in [5, 5.41) is 2.29. The average Bonchev–Trinajstić information content (AvgIpc) is 2.53. The summed E-state index contributed by atoms with van der Waals surface area (Å²) >= 11 is 0. The van der Waals surface area contributed by atoms with Gasteiger partial charge in [0.2, 0.25) is 0 Å². The molecular formula is C19H18O2. The van der Waals surface area contributed by atoms with E-state index in [1.165, 1.54) is 16.7 Å². The molecule has 21 heavy (non-hydrogen) atoms. The molecule has 0 fully saturated rings. The number of aryl methyl sites for hydroxylation is 1. The second-order valence-electron chi connectivity index (χ2n) is 5.14. The van der Waals surface area contributed by atoms with Crippen LogP contribution in [0.4, 0.5) is 0 Å². The highest BCUT2D eigenvalue weighted by atomic mass is 16.5. The van der Waals surface area contributed by atoms with Crippen LogP contribution in [-0.4, -0.2) is 14.2 Å². The SMILES string of the molecule is COc1cc2ccc(-c3ccc(C)cc3)cc2cc1OC. The number of fused-ring (bicyclic) bond motifs is 1. The third-order valence-corrected chi connectivity index (χ3v) is 3.73. The van der Waals surface area contributed by atoms with E-state index < -0.39 is 0 Å². The van der Waals surface area contributed by atoms with Crippen LogP contribution in [0, 0.1) is 6.92 Å². The van der Waals surface area contributed by atoms with Crippen molar-refractivity contribution >= 4 is 10.8 Å². The predicted molar refractivity (Wildman–Crippen MR) is 87.2 cm³/mol. The fourth-order valence-corrected chi connectivity index (χ4v) is 2.50. The number of hydrogen-bond acceptors (Lipinski definition) is 2. The quantitative estimate of drug-likeness (QED) is 0.683. The molecule has 2 nitrogen and oxygen atoms in total. The van der Waals surface area contributed by atoms with Gasteiger partial charge >= 0.3 is 0 Å². The highest BCUT2D eigenvalue weighted by Gasteiger charge is 2.07. The summed E-state index contributed by atoms with van der Waals surface area (Å²) in [6.45, 7) is 2.10. The summed E-state index contributed by atoms with van der Waals surface area (Å²) in [5.41, 5.74) is 3.69. The van der Waals surface area contributed by atoms with Gasteiger partial charge in [0, 0.05) is 0 Å². The molecule has 0 bridgehead atoms. The summed E-state index contributed by atoms with van der Waals surface area (Å²) in [5.74, 6) is 1.51. The maximum atomic E-state index is 5.38. The van der Waals surface area contributed by atoms with Gasteiger partial charge in [0.25, 0.3) is 0 Å². The van der Waals surface area contributed by atoms with Gasteiger partial charge in [-0.1, -0.05) is 42.0 Å². The van der Waals surface area contributed by atoms with Gasteiger partial charge in [-0.2, -0.15) is 0 Å². The van der Waals surface area contributed by atoms with Gasteiger partial charge < -0.3 is 9.47 Å². The molecule has 0 saturated carbocycles. The van der Waals surface area contributed by atoms with Crippen LogP contribution >= 0.6 is 0 Å². The lowest BCUT2D eigenvalue weighted by Gasteiger charge is -2.10. The van der Waals surface area contributed by atoms with Crippen molar-refractivity contribution in [3.63, 3.8) is 0 Å². The molecule has 106 valence electrons. The Bertz CT molecular complexity index is 773. The van der Waals surface area contributed by atoms with E-state index >= 15 is 0 Å². The normalized spacial score (nSPS) is 10.6. The molecule has 2 heteroatoms. The Morgan fingerprint density at radius 1 is 0.619 bits per heavy atom. The third-order valence-electron chi connectivity index (χ3n) is 3.73. The van der Waals surface area contributed by atoms with Crippen LogP contribution < -0.4 is 9.47 Å². The first-order chi connectivity index (χ1) is 10.2. The zero-order valence-corrected chi connectivity index (χ0v) is 12.5. The van der Waals surface area contributed by atoms with Gasteiger partial charge in [-0.25, -0.2) is 0 Å². The molecule has 0 spiro atoms. The number of hydrogen-bond donors (Lipinski definition) is 0. The van der Waals surface area contributed by atoms with Crippen molar-refractivity contribution in [3.05, 3.63) is 60.2 Å². The Labute approximate surface area is 124 Å². The monoisotopic (exact) mass is 278 g/mol. The lowest BCUT2D eigenvalue weighted by Crippen LogP contribution is -1.90. The second kappa shape index (κ2) is 5.49. The van der Waals surface area contributed by atoms with Crippen LogP contribution in [0.5, 0.6) is 11.5 Å². The maximum absolute atomic E-state index is 5.38. The summed E-state index contributed by atoms with van der Waals surface area (Å²) in [6, 6.07) is 19.0. The molecule has 3 aromatic carbocycles. The topological polar surface area (TPSA) is 18.5 Å². The van der Waals surface area contributed by atoms with Crippen LogP contribution in [0.2, 0.25) is 0 Å². The van der Waals surface area contributed by atoms with Crippen molar-refractivity contribution in [1.82, 2.24) is 0 Å². The Hall–Kier alpha value is -2.48. The van der Waals surface area contributed by atoms with Crippen LogP contribution in [-0.2, 0) is 0 Å². The van der Waals surface area contributed by atoms with Crippen LogP contribution in [0.25, 0.3) is 21.9 Å². The zero-order chi connectivity index (χ0) is 14.8. The van der Waals surface area contributed by atoms with Gasteiger partial charge in [0.1, 0.15) is 0 Å². The molecule has 0 unspecified atom stereocenters. The fourth-order valence-electron chi connectivity index (χ4n) is 2.50. The standard InChI is InChI=1S/C19H18O2/c1-13-4-6-14(7-5-13)15-8-9-16-11-18(20-2)19(21-3)12-17(16)10-15/h4-12H,1-3H3. The average molecular weight is 278 g/mol. The van der Waals surface area contributed by atoms with E-state index in [1.54, 1.807) is 14.2 Å². The van der Waals surface area contributed by atoms with Gasteiger partial charge in [-0.05, 0) is 47.0 Å². The van der Waals surface area contributed by atoms with E-state index in [0.717, 1.165) is 22.3 Å². The molecular weight excluding hydrogens is 260 g/mol. The van der Waals surface area contributed by atoms with Crippen LogP contribution in [0.3, 0.4) is 0 Å². The maximum Gasteiger partial charge on any atom is 0.161 e. The summed E-state index contributed by atoms with van der Waals surface area (Å²) in [6.07, 6.45) is 0. The molecule has 3 aromatic rings. The summed E-state index contributed by atoms with van der Waals surface area (Å²) < 4.78 is 10.7. The van der Waals surface area contributed by atoms with E-state index in [-0.39, 0.29) is 0 Å². The Morgan fingerprint density at radius 3 is 1.81 bits per heavy atom. The van der Waals surface area contributed by atoms with Crippen molar-refractivity contribution < 1.29 is 9.47 Å². The molecule has 3 rings (SSSR count). The van der Waals surface area contributed by atoms with Crippen molar-refractivity contribution in [3.8, 4) is 22.6 Å². The molecule has 0 amide bonds. The molecule has 0 heterocycles. The largest absolute Gasteiger partial charge is 0.493 e. The number of benzene rings is 3.